The highest BCUT2D eigenvalue weighted by Gasteiger charge is 2.29. The third-order valence-electron chi connectivity index (χ3n) is 2.43. The predicted molar refractivity (Wildman–Crippen MR) is 57.1 cm³/mol. The molecule has 0 amide bonds. The molecule has 0 aliphatic rings. The summed E-state index contributed by atoms with van der Waals surface area (Å²) in [4.78, 5) is 0. The third-order valence-corrected chi connectivity index (χ3v) is 2.43. The number of rotatable bonds is 5. The van der Waals surface area contributed by atoms with Gasteiger partial charge in [-0.15, -0.1) is 0 Å². The Balaban J connectivity index is 2.40. The normalized spacial score (nSPS) is 14.1. The number of aromatic nitrogens is 1. The Morgan fingerprint density at radius 3 is 2.69 bits per heavy atom. The van der Waals surface area contributed by atoms with Gasteiger partial charge in [0.05, 0.1) is 6.42 Å². The maximum absolute atomic E-state index is 12.1. The van der Waals surface area contributed by atoms with Gasteiger partial charge in [-0.2, -0.15) is 13.2 Å². The number of nitrogens with zero attached hydrogens (tertiary/aromatic N) is 1. The van der Waals surface area contributed by atoms with E-state index >= 15 is 0 Å². The van der Waals surface area contributed by atoms with Gasteiger partial charge in [0, 0.05) is 31.0 Å². The summed E-state index contributed by atoms with van der Waals surface area (Å²) >= 11 is 0. The third kappa shape index (κ3) is 4.26. The number of nitrogens with one attached hydrogen (secondary N) is 1. The van der Waals surface area contributed by atoms with Crippen molar-refractivity contribution in [3.05, 3.63) is 24.0 Å². The molecule has 1 rings (SSSR count). The topological polar surface area (TPSA) is 17.0 Å². The lowest BCUT2D eigenvalue weighted by molar-refractivity contribution is -0.139. The fourth-order valence-electron chi connectivity index (χ4n) is 1.62. The quantitative estimate of drug-likeness (QED) is 0.828. The molecule has 0 saturated carbocycles. The summed E-state index contributed by atoms with van der Waals surface area (Å²) in [6.45, 7) is 4.85. The molecule has 0 bridgehead atoms. The number of alkyl halides is 3. The molecule has 1 N–H and O–H groups in total. The molecule has 16 heavy (non-hydrogen) atoms. The van der Waals surface area contributed by atoms with Gasteiger partial charge in [-0.25, -0.2) is 0 Å². The van der Waals surface area contributed by atoms with Crippen LogP contribution in [0.2, 0.25) is 0 Å². The smallest absolute Gasteiger partial charge is 0.351 e. The summed E-state index contributed by atoms with van der Waals surface area (Å²) < 4.78 is 38.2. The molecule has 1 atom stereocenters. The van der Waals surface area contributed by atoms with E-state index in [4.69, 9.17) is 0 Å². The van der Waals surface area contributed by atoms with Crippen molar-refractivity contribution in [3.8, 4) is 0 Å². The molecule has 0 saturated heterocycles. The van der Waals surface area contributed by atoms with Crippen LogP contribution in [0.5, 0.6) is 0 Å². The van der Waals surface area contributed by atoms with E-state index in [2.05, 4.69) is 5.32 Å². The number of aryl methyl sites for hydroxylation is 1. The molecule has 1 aromatic heterocycles. The van der Waals surface area contributed by atoms with Crippen molar-refractivity contribution in [2.75, 3.05) is 0 Å². The maximum atomic E-state index is 12.1. The number of halogens is 3. The van der Waals surface area contributed by atoms with Gasteiger partial charge in [0.1, 0.15) is 0 Å². The van der Waals surface area contributed by atoms with E-state index in [0.29, 0.717) is 6.54 Å². The molecule has 0 aliphatic carbocycles. The first kappa shape index (κ1) is 13.1. The summed E-state index contributed by atoms with van der Waals surface area (Å²) in [6.07, 6.45) is -2.97. The van der Waals surface area contributed by atoms with Gasteiger partial charge in [0.25, 0.3) is 0 Å². The fraction of sp³-hybridized carbons (Fsp3) is 0.636. The number of hydrogen-bond acceptors (Lipinski definition) is 1. The first-order valence-electron chi connectivity index (χ1n) is 5.36. The van der Waals surface area contributed by atoms with Crippen LogP contribution in [0.3, 0.4) is 0 Å². The van der Waals surface area contributed by atoms with Crippen LogP contribution in [-0.2, 0) is 13.1 Å². The van der Waals surface area contributed by atoms with Crippen molar-refractivity contribution in [1.82, 2.24) is 9.88 Å². The molecule has 0 fully saturated rings. The lowest BCUT2D eigenvalue weighted by Crippen LogP contribution is -2.31. The van der Waals surface area contributed by atoms with Crippen molar-refractivity contribution in [3.63, 3.8) is 0 Å². The van der Waals surface area contributed by atoms with Crippen molar-refractivity contribution in [2.24, 2.45) is 0 Å². The van der Waals surface area contributed by atoms with Gasteiger partial charge in [-0.1, -0.05) is 0 Å². The summed E-state index contributed by atoms with van der Waals surface area (Å²) in [7, 11) is 0. The van der Waals surface area contributed by atoms with Crippen LogP contribution < -0.4 is 5.32 Å². The van der Waals surface area contributed by atoms with Crippen LogP contribution in [0.1, 0.15) is 26.0 Å². The highest BCUT2D eigenvalue weighted by atomic mass is 19.4. The van der Waals surface area contributed by atoms with Gasteiger partial charge in [0.2, 0.25) is 0 Å². The average molecular weight is 234 g/mol. The first-order valence-corrected chi connectivity index (χ1v) is 5.36. The molecule has 1 heterocycles. The van der Waals surface area contributed by atoms with Crippen LogP contribution in [0.15, 0.2) is 18.3 Å². The Morgan fingerprint density at radius 2 is 2.12 bits per heavy atom. The van der Waals surface area contributed by atoms with Crippen LogP contribution in [0.25, 0.3) is 0 Å². The zero-order chi connectivity index (χ0) is 12.2. The van der Waals surface area contributed by atoms with Gasteiger partial charge in [0.15, 0.2) is 0 Å². The molecule has 2 nitrogen and oxygen atoms in total. The fourth-order valence-corrected chi connectivity index (χ4v) is 1.62. The standard InChI is InChI=1S/C11H17F3N2/c1-3-16-6-4-5-10(16)8-15-9(2)7-11(12,13)14/h4-6,9,15H,3,7-8H2,1-2H3. The molecular weight excluding hydrogens is 217 g/mol. The van der Waals surface area contributed by atoms with Crippen molar-refractivity contribution < 1.29 is 13.2 Å². The van der Waals surface area contributed by atoms with E-state index < -0.39 is 18.6 Å². The average Bonchev–Trinajstić information content (AvgIpc) is 2.59. The predicted octanol–water partition coefficient (Wildman–Crippen LogP) is 2.94. The van der Waals surface area contributed by atoms with E-state index in [0.717, 1.165) is 12.2 Å². The van der Waals surface area contributed by atoms with Crippen molar-refractivity contribution in [1.29, 1.82) is 0 Å². The Hall–Kier alpha value is -0.970. The Bertz CT molecular complexity index is 317. The second-order valence-corrected chi connectivity index (χ2v) is 3.89. The highest BCUT2D eigenvalue weighted by Crippen LogP contribution is 2.21. The minimum atomic E-state index is -4.10. The summed E-state index contributed by atoms with van der Waals surface area (Å²) in [6, 6.07) is 3.26. The minimum Gasteiger partial charge on any atom is -0.351 e. The lowest BCUT2D eigenvalue weighted by atomic mass is 10.2. The van der Waals surface area contributed by atoms with E-state index in [-0.39, 0.29) is 0 Å². The first-order chi connectivity index (χ1) is 7.42. The van der Waals surface area contributed by atoms with Gasteiger partial charge < -0.3 is 9.88 Å². The van der Waals surface area contributed by atoms with Crippen LogP contribution in [0.4, 0.5) is 13.2 Å². The van der Waals surface area contributed by atoms with Crippen LogP contribution in [-0.4, -0.2) is 16.8 Å². The zero-order valence-electron chi connectivity index (χ0n) is 9.51. The molecule has 0 aliphatic heterocycles. The van der Waals surface area contributed by atoms with E-state index in [1.165, 1.54) is 0 Å². The second kappa shape index (κ2) is 5.39. The highest BCUT2D eigenvalue weighted by molar-refractivity contribution is 5.06. The van der Waals surface area contributed by atoms with Crippen molar-refractivity contribution >= 4 is 0 Å². The molecule has 0 aromatic carbocycles. The van der Waals surface area contributed by atoms with E-state index in [1.807, 2.05) is 29.8 Å². The van der Waals surface area contributed by atoms with Gasteiger partial charge in [-0.3, -0.25) is 0 Å². The molecule has 92 valence electrons. The number of hydrogen-bond donors (Lipinski definition) is 1. The maximum Gasteiger partial charge on any atom is 0.390 e. The van der Waals surface area contributed by atoms with Gasteiger partial charge >= 0.3 is 6.18 Å². The van der Waals surface area contributed by atoms with Gasteiger partial charge in [-0.05, 0) is 26.0 Å². The molecule has 1 aromatic rings. The monoisotopic (exact) mass is 234 g/mol. The largest absolute Gasteiger partial charge is 0.390 e. The Kier molecular flexibility index (Phi) is 4.41. The second-order valence-electron chi connectivity index (χ2n) is 3.89. The summed E-state index contributed by atoms with van der Waals surface area (Å²) in [5.74, 6) is 0. The SMILES string of the molecule is CCn1cccc1CNC(C)CC(F)(F)F. The molecule has 0 radical (unpaired) electrons. The molecular formula is C11H17F3N2. The Morgan fingerprint density at radius 1 is 1.44 bits per heavy atom. The Labute approximate surface area is 93.5 Å². The summed E-state index contributed by atoms with van der Waals surface area (Å²) in [5, 5.41) is 2.88. The molecule has 5 heteroatoms. The van der Waals surface area contributed by atoms with Crippen LogP contribution >= 0.6 is 0 Å². The van der Waals surface area contributed by atoms with E-state index in [1.54, 1.807) is 6.92 Å². The van der Waals surface area contributed by atoms with Crippen LogP contribution in [0, 0.1) is 0 Å². The van der Waals surface area contributed by atoms with Crippen molar-refractivity contribution in [2.45, 2.75) is 45.6 Å². The zero-order valence-corrected chi connectivity index (χ0v) is 9.51. The minimum absolute atomic E-state index is 0.470. The molecule has 1 unspecified atom stereocenters. The molecule has 0 spiro atoms. The lowest BCUT2D eigenvalue weighted by Gasteiger charge is -2.16. The van der Waals surface area contributed by atoms with E-state index in [9.17, 15) is 13.2 Å². The summed E-state index contributed by atoms with van der Waals surface area (Å²) in [5.41, 5.74) is 1.01.